The molecule has 0 saturated heterocycles. The highest BCUT2D eigenvalue weighted by molar-refractivity contribution is 9.10. The van der Waals surface area contributed by atoms with Crippen LogP contribution in [0.15, 0.2) is 50.8 Å². The van der Waals surface area contributed by atoms with E-state index < -0.39 is 17.4 Å². The molecule has 10 nitrogen and oxygen atoms in total. The molecule has 1 amide bonds. The van der Waals surface area contributed by atoms with Crippen molar-refractivity contribution in [3.63, 3.8) is 0 Å². The Morgan fingerprint density at radius 3 is 2.78 bits per heavy atom. The van der Waals surface area contributed by atoms with Crippen molar-refractivity contribution in [1.82, 2.24) is 9.66 Å². The number of benzene rings is 2. The number of halogens is 1. The molecule has 0 bridgehead atoms. The average molecular weight is 502 g/mol. The van der Waals surface area contributed by atoms with Crippen LogP contribution in [0.2, 0.25) is 0 Å². The average Bonchev–Trinajstić information content (AvgIpc) is 2.76. The summed E-state index contributed by atoms with van der Waals surface area (Å²) in [6.45, 7) is 3.43. The first kappa shape index (κ1) is 23.1. The number of nitrogens with two attached hydrogens (primary N) is 1. The molecule has 0 unspecified atom stereocenters. The number of nitro benzene ring substituents is 1. The van der Waals surface area contributed by atoms with Crippen LogP contribution in [0.5, 0.6) is 5.75 Å². The number of nitrogens with zero attached hydrogens (tertiary/aromatic N) is 4. The van der Waals surface area contributed by atoms with Gasteiger partial charge >= 0.3 is 5.69 Å². The second-order valence-electron chi connectivity index (χ2n) is 7.04. The zero-order chi connectivity index (χ0) is 23.4. The zero-order valence-electron chi connectivity index (χ0n) is 17.3. The Bertz CT molecular complexity index is 1290. The summed E-state index contributed by atoms with van der Waals surface area (Å²) >= 11 is 3.36. The fourth-order valence-electron chi connectivity index (χ4n) is 2.93. The molecule has 2 N–H and O–H groups in total. The third-order valence-corrected chi connectivity index (χ3v) is 5.25. The van der Waals surface area contributed by atoms with Crippen LogP contribution in [-0.4, -0.2) is 33.3 Å². The Labute approximate surface area is 191 Å². The van der Waals surface area contributed by atoms with Gasteiger partial charge in [-0.05, 0) is 36.8 Å². The summed E-state index contributed by atoms with van der Waals surface area (Å²) in [5.74, 6) is -0.413. The van der Waals surface area contributed by atoms with Gasteiger partial charge in [0.05, 0.1) is 22.0 Å². The molecule has 3 rings (SSSR count). The van der Waals surface area contributed by atoms with Gasteiger partial charge in [-0.3, -0.25) is 19.7 Å². The lowest BCUT2D eigenvalue weighted by Gasteiger charge is -2.14. The van der Waals surface area contributed by atoms with E-state index in [1.54, 1.807) is 12.1 Å². The van der Waals surface area contributed by atoms with Gasteiger partial charge in [0.1, 0.15) is 5.82 Å². The monoisotopic (exact) mass is 501 g/mol. The van der Waals surface area contributed by atoms with Crippen LogP contribution in [0, 0.1) is 10.1 Å². The summed E-state index contributed by atoms with van der Waals surface area (Å²) in [5, 5.41) is 16.1. The maximum absolute atomic E-state index is 13.1. The molecule has 0 aliphatic carbocycles. The van der Waals surface area contributed by atoms with Gasteiger partial charge in [-0.1, -0.05) is 29.8 Å². The van der Waals surface area contributed by atoms with Crippen LogP contribution in [0.1, 0.15) is 37.6 Å². The van der Waals surface area contributed by atoms with E-state index in [4.69, 9.17) is 10.5 Å². The number of amides is 1. The molecule has 0 radical (unpaired) electrons. The SMILES string of the molecule is CC[C@@H](C)c1nc2ccc(Br)cc2c(=O)n1N=Cc1ccc(OCC(N)=O)c([N+](=O)[O-])c1. The van der Waals surface area contributed by atoms with Gasteiger partial charge in [0.2, 0.25) is 0 Å². The molecule has 0 spiro atoms. The topological polar surface area (TPSA) is 143 Å². The number of hydrogen-bond acceptors (Lipinski definition) is 7. The summed E-state index contributed by atoms with van der Waals surface area (Å²) in [5.41, 5.74) is 5.24. The fourth-order valence-corrected chi connectivity index (χ4v) is 3.29. The van der Waals surface area contributed by atoms with Gasteiger partial charge < -0.3 is 10.5 Å². The minimum absolute atomic E-state index is 0.0493. The number of aromatic nitrogens is 2. The molecule has 2 aromatic carbocycles. The Hall–Kier alpha value is -3.60. The molecule has 32 heavy (non-hydrogen) atoms. The maximum atomic E-state index is 13.1. The standard InChI is InChI=1S/C21H20BrN5O5/c1-3-12(2)20-25-16-6-5-14(22)9-15(16)21(29)26(20)24-10-13-4-7-18(32-11-19(23)28)17(8-13)27(30)31/h4-10,12H,3,11H2,1-2H3,(H2,23,28)/t12-/m1/s1. The summed E-state index contributed by atoms with van der Waals surface area (Å²) in [7, 11) is 0. The number of nitro groups is 1. The van der Waals surface area contributed by atoms with Crippen molar-refractivity contribution in [2.75, 3.05) is 6.61 Å². The number of primary amides is 1. The molecule has 1 heterocycles. The number of carbonyl (C=O) groups is 1. The van der Waals surface area contributed by atoms with E-state index in [1.807, 2.05) is 19.9 Å². The smallest absolute Gasteiger partial charge is 0.311 e. The molecule has 0 fully saturated rings. The molecule has 11 heteroatoms. The first-order valence-electron chi connectivity index (χ1n) is 9.67. The number of hydrogen-bond donors (Lipinski definition) is 1. The van der Waals surface area contributed by atoms with Crippen molar-refractivity contribution in [2.24, 2.45) is 10.8 Å². The van der Waals surface area contributed by atoms with E-state index in [0.29, 0.717) is 22.3 Å². The summed E-state index contributed by atoms with van der Waals surface area (Å²) in [6, 6.07) is 9.34. The summed E-state index contributed by atoms with van der Waals surface area (Å²) < 4.78 is 7.04. The molecule has 166 valence electrons. The van der Waals surface area contributed by atoms with E-state index in [9.17, 15) is 19.7 Å². The lowest BCUT2D eigenvalue weighted by molar-refractivity contribution is -0.385. The van der Waals surface area contributed by atoms with Gasteiger partial charge in [-0.2, -0.15) is 9.78 Å². The second-order valence-corrected chi connectivity index (χ2v) is 7.96. The molecule has 0 aliphatic heterocycles. The van der Waals surface area contributed by atoms with Crippen LogP contribution >= 0.6 is 15.9 Å². The Morgan fingerprint density at radius 1 is 1.38 bits per heavy atom. The van der Waals surface area contributed by atoms with E-state index in [0.717, 1.165) is 10.9 Å². The van der Waals surface area contributed by atoms with Crippen molar-refractivity contribution >= 4 is 44.6 Å². The van der Waals surface area contributed by atoms with Crippen molar-refractivity contribution in [1.29, 1.82) is 0 Å². The maximum Gasteiger partial charge on any atom is 0.311 e. The Morgan fingerprint density at radius 2 is 2.12 bits per heavy atom. The quantitative estimate of drug-likeness (QED) is 0.284. The highest BCUT2D eigenvalue weighted by Crippen LogP contribution is 2.27. The Balaban J connectivity index is 2.08. The van der Waals surface area contributed by atoms with Crippen LogP contribution in [0.3, 0.4) is 0 Å². The fraction of sp³-hybridized carbons (Fsp3) is 0.238. The van der Waals surface area contributed by atoms with Crippen LogP contribution < -0.4 is 16.0 Å². The molecule has 0 aliphatic rings. The molecule has 1 aromatic heterocycles. The highest BCUT2D eigenvalue weighted by Gasteiger charge is 2.18. The summed E-state index contributed by atoms with van der Waals surface area (Å²) in [4.78, 5) is 39.4. The van der Waals surface area contributed by atoms with Gasteiger partial charge in [0.25, 0.3) is 11.5 Å². The van der Waals surface area contributed by atoms with Crippen molar-refractivity contribution in [2.45, 2.75) is 26.2 Å². The first-order chi connectivity index (χ1) is 15.2. The van der Waals surface area contributed by atoms with Crippen molar-refractivity contribution in [3.05, 3.63) is 72.7 Å². The van der Waals surface area contributed by atoms with E-state index >= 15 is 0 Å². The van der Waals surface area contributed by atoms with Crippen molar-refractivity contribution in [3.8, 4) is 5.75 Å². The molecular weight excluding hydrogens is 482 g/mol. The predicted octanol–water partition coefficient (Wildman–Crippen LogP) is 3.33. The highest BCUT2D eigenvalue weighted by atomic mass is 79.9. The largest absolute Gasteiger partial charge is 0.477 e. The summed E-state index contributed by atoms with van der Waals surface area (Å²) in [6.07, 6.45) is 2.07. The van der Waals surface area contributed by atoms with Crippen molar-refractivity contribution < 1.29 is 14.5 Å². The third-order valence-electron chi connectivity index (χ3n) is 4.76. The van der Waals surface area contributed by atoms with Gasteiger partial charge in [0, 0.05) is 22.0 Å². The zero-order valence-corrected chi connectivity index (χ0v) is 18.9. The lowest BCUT2D eigenvalue weighted by Crippen LogP contribution is -2.23. The van der Waals surface area contributed by atoms with E-state index in [2.05, 4.69) is 26.0 Å². The Kier molecular flexibility index (Phi) is 6.98. The van der Waals surface area contributed by atoms with E-state index in [-0.39, 0.29) is 22.9 Å². The van der Waals surface area contributed by atoms with Gasteiger partial charge in [-0.25, -0.2) is 4.98 Å². The third kappa shape index (κ3) is 4.99. The number of carbonyl (C=O) groups excluding carboxylic acids is 1. The molecular formula is C21H20BrN5O5. The second kappa shape index (κ2) is 9.69. The lowest BCUT2D eigenvalue weighted by atomic mass is 10.1. The number of fused-ring (bicyclic) bond motifs is 1. The molecule has 1 atom stereocenters. The van der Waals surface area contributed by atoms with E-state index in [1.165, 1.54) is 29.1 Å². The first-order valence-corrected chi connectivity index (χ1v) is 10.5. The normalized spacial score (nSPS) is 12.2. The van der Waals surface area contributed by atoms with Crippen LogP contribution in [-0.2, 0) is 4.79 Å². The molecule has 3 aromatic rings. The number of ether oxygens (including phenoxy) is 1. The minimum atomic E-state index is -0.752. The van der Waals surface area contributed by atoms with Crippen LogP contribution in [0.4, 0.5) is 5.69 Å². The number of rotatable bonds is 8. The van der Waals surface area contributed by atoms with Gasteiger partial charge in [0.15, 0.2) is 12.4 Å². The minimum Gasteiger partial charge on any atom is -0.477 e. The van der Waals surface area contributed by atoms with Gasteiger partial charge in [-0.15, -0.1) is 0 Å². The molecule has 0 saturated carbocycles. The predicted molar refractivity (Wildman–Crippen MR) is 123 cm³/mol. The van der Waals surface area contributed by atoms with Crippen LogP contribution in [0.25, 0.3) is 10.9 Å².